The summed E-state index contributed by atoms with van der Waals surface area (Å²) in [6.07, 6.45) is 2.47. The Morgan fingerprint density at radius 1 is 1.06 bits per heavy atom. The van der Waals surface area contributed by atoms with E-state index >= 15 is 0 Å². The summed E-state index contributed by atoms with van der Waals surface area (Å²) in [6.45, 7) is 10.1. The molecule has 1 aromatic heterocycles. The molecule has 2 aromatic rings. The number of rotatable bonds is 5. The zero-order valence-electron chi connectivity index (χ0n) is 19.8. The number of fused-ring (bicyclic) bond motifs is 1. The third-order valence-corrected chi connectivity index (χ3v) is 7.19. The minimum absolute atomic E-state index is 0.154. The maximum atomic E-state index is 12.9. The number of aromatic nitrogens is 1. The number of piperidine rings is 1. The highest BCUT2D eigenvalue weighted by atomic mass is 16.2. The molecule has 1 aromatic carbocycles. The lowest BCUT2D eigenvalue weighted by atomic mass is 10.0. The first-order chi connectivity index (χ1) is 16.4. The van der Waals surface area contributed by atoms with Gasteiger partial charge in [0.1, 0.15) is 6.04 Å². The van der Waals surface area contributed by atoms with Crippen molar-refractivity contribution in [2.24, 2.45) is 0 Å². The van der Waals surface area contributed by atoms with Crippen LogP contribution in [0.3, 0.4) is 0 Å². The Balaban J connectivity index is 1.29. The third-order valence-electron chi connectivity index (χ3n) is 7.19. The second kappa shape index (κ2) is 9.27. The van der Waals surface area contributed by atoms with E-state index in [1.54, 1.807) is 4.90 Å². The molecule has 5 rings (SSSR count). The Morgan fingerprint density at radius 3 is 2.59 bits per heavy atom. The maximum absolute atomic E-state index is 12.9. The summed E-state index contributed by atoms with van der Waals surface area (Å²) in [5, 5.41) is 2.35. The number of hydrogen-bond donors (Lipinski definition) is 1. The van der Waals surface area contributed by atoms with Gasteiger partial charge in [0.25, 0.3) is 5.91 Å². The lowest BCUT2D eigenvalue weighted by Gasteiger charge is -2.36. The first kappa shape index (κ1) is 22.7. The summed E-state index contributed by atoms with van der Waals surface area (Å²) < 4.78 is 0. The fraction of sp³-hybridized carbons (Fsp3) is 0.462. The molecule has 0 bridgehead atoms. The smallest absolute Gasteiger partial charge is 0.255 e. The molecule has 8 nitrogen and oxygen atoms in total. The van der Waals surface area contributed by atoms with Gasteiger partial charge in [-0.05, 0) is 55.7 Å². The van der Waals surface area contributed by atoms with E-state index in [1.165, 1.54) is 5.56 Å². The number of carbonyl (C=O) groups excluding carboxylic acids is 3. The van der Waals surface area contributed by atoms with Gasteiger partial charge in [-0.1, -0.05) is 6.07 Å². The van der Waals surface area contributed by atoms with Gasteiger partial charge in [0.05, 0.1) is 5.69 Å². The molecule has 2 saturated heterocycles. The number of imide groups is 1. The molecule has 178 valence electrons. The number of carbonyl (C=O) groups is 3. The fourth-order valence-electron chi connectivity index (χ4n) is 5.16. The minimum atomic E-state index is -0.598. The summed E-state index contributed by atoms with van der Waals surface area (Å²) in [7, 11) is 0. The molecule has 3 aliphatic heterocycles. The molecule has 0 aliphatic carbocycles. The number of benzene rings is 1. The molecule has 34 heavy (non-hydrogen) atoms. The van der Waals surface area contributed by atoms with Crippen LogP contribution in [0.15, 0.2) is 36.5 Å². The van der Waals surface area contributed by atoms with Crippen molar-refractivity contribution in [3.63, 3.8) is 0 Å². The van der Waals surface area contributed by atoms with Crippen LogP contribution in [0.5, 0.6) is 0 Å². The molecular weight excluding hydrogens is 430 g/mol. The van der Waals surface area contributed by atoms with Crippen molar-refractivity contribution in [1.29, 1.82) is 0 Å². The highest BCUT2D eigenvalue weighted by molar-refractivity contribution is 6.05. The standard InChI is InChI=1S/C26H31N5O3/c1-17(2)30-11-9-29(10-12-30)15-18-7-8-27-22(13-18)19-3-4-21-20(14-19)16-31(26(21)34)23-5-6-24(32)28-25(23)33/h3-4,7-8,13-14,17,23H,5-6,9-12,15-16H2,1-2H3,(H,28,32,33). The Bertz CT molecular complexity index is 1120. The molecule has 3 amide bonds. The maximum Gasteiger partial charge on any atom is 0.255 e. The number of piperazine rings is 1. The number of hydrogen-bond acceptors (Lipinski definition) is 6. The highest BCUT2D eigenvalue weighted by Crippen LogP contribution is 2.31. The van der Waals surface area contributed by atoms with Crippen molar-refractivity contribution in [3.8, 4) is 11.3 Å². The topological polar surface area (TPSA) is 85.8 Å². The SMILES string of the molecule is CC(C)N1CCN(Cc2ccnc(-c3ccc4c(c3)CN(C3CCC(=O)NC3=O)C4=O)c2)CC1. The lowest BCUT2D eigenvalue weighted by Crippen LogP contribution is -2.52. The summed E-state index contributed by atoms with van der Waals surface area (Å²) in [5.74, 6) is -0.819. The molecule has 0 saturated carbocycles. The van der Waals surface area contributed by atoms with E-state index in [0.29, 0.717) is 24.6 Å². The average Bonchev–Trinajstić information content (AvgIpc) is 3.15. The molecule has 2 fully saturated rings. The zero-order valence-corrected chi connectivity index (χ0v) is 19.8. The molecule has 1 atom stereocenters. The van der Waals surface area contributed by atoms with Gasteiger partial charge in [-0.15, -0.1) is 0 Å². The summed E-state index contributed by atoms with van der Waals surface area (Å²) >= 11 is 0. The van der Waals surface area contributed by atoms with E-state index in [1.807, 2.05) is 24.4 Å². The predicted octanol–water partition coefficient (Wildman–Crippen LogP) is 2.04. The molecule has 1 N–H and O–H groups in total. The average molecular weight is 462 g/mol. The summed E-state index contributed by atoms with van der Waals surface area (Å²) in [6, 6.07) is 9.96. The second-order valence-corrected chi connectivity index (χ2v) is 9.73. The minimum Gasteiger partial charge on any atom is -0.322 e. The van der Waals surface area contributed by atoms with E-state index in [4.69, 9.17) is 0 Å². The van der Waals surface area contributed by atoms with Crippen molar-refractivity contribution < 1.29 is 14.4 Å². The van der Waals surface area contributed by atoms with Crippen LogP contribution in [0.2, 0.25) is 0 Å². The Labute approximate surface area is 199 Å². The van der Waals surface area contributed by atoms with Crippen molar-refractivity contribution in [2.45, 2.75) is 51.9 Å². The Hall–Kier alpha value is -3.10. The van der Waals surface area contributed by atoms with Crippen molar-refractivity contribution in [1.82, 2.24) is 25.0 Å². The van der Waals surface area contributed by atoms with Gasteiger partial charge in [-0.2, -0.15) is 0 Å². The van der Waals surface area contributed by atoms with Gasteiger partial charge in [-0.25, -0.2) is 0 Å². The Kier molecular flexibility index (Phi) is 6.18. The monoisotopic (exact) mass is 461 g/mol. The van der Waals surface area contributed by atoms with Gasteiger partial charge >= 0.3 is 0 Å². The molecule has 3 aliphatic rings. The summed E-state index contributed by atoms with van der Waals surface area (Å²) in [5.41, 5.74) is 4.58. The fourth-order valence-corrected chi connectivity index (χ4v) is 5.16. The Morgan fingerprint density at radius 2 is 1.85 bits per heavy atom. The normalized spacial score (nSPS) is 21.8. The molecule has 4 heterocycles. The van der Waals surface area contributed by atoms with Crippen LogP contribution in [0.4, 0.5) is 0 Å². The van der Waals surface area contributed by atoms with E-state index in [9.17, 15) is 14.4 Å². The third kappa shape index (κ3) is 4.48. The van der Waals surface area contributed by atoms with Crippen LogP contribution < -0.4 is 5.32 Å². The second-order valence-electron chi connectivity index (χ2n) is 9.73. The van der Waals surface area contributed by atoms with Crippen LogP contribution in [0.1, 0.15) is 48.2 Å². The van der Waals surface area contributed by atoms with Crippen LogP contribution in [0, 0.1) is 0 Å². The van der Waals surface area contributed by atoms with Crippen LogP contribution in [0.25, 0.3) is 11.3 Å². The summed E-state index contributed by atoms with van der Waals surface area (Å²) in [4.78, 5) is 47.9. The molecule has 1 unspecified atom stereocenters. The largest absolute Gasteiger partial charge is 0.322 e. The predicted molar refractivity (Wildman–Crippen MR) is 128 cm³/mol. The molecule has 0 spiro atoms. The van der Waals surface area contributed by atoms with E-state index < -0.39 is 6.04 Å². The molecule has 8 heteroatoms. The van der Waals surface area contributed by atoms with E-state index in [2.05, 4.69) is 46.1 Å². The van der Waals surface area contributed by atoms with Gasteiger partial charge < -0.3 is 4.90 Å². The van der Waals surface area contributed by atoms with Crippen molar-refractivity contribution >= 4 is 17.7 Å². The number of nitrogens with zero attached hydrogens (tertiary/aromatic N) is 4. The number of pyridine rings is 1. The molecule has 0 radical (unpaired) electrons. The van der Waals surface area contributed by atoms with Crippen LogP contribution in [-0.2, 0) is 22.7 Å². The quantitative estimate of drug-likeness (QED) is 0.686. The molecular formula is C26H31N5O3. The van der Waals surface area contributed by atoms with Crippen LogP contribution in [-0.4, -0.2) is 75.7 Å². The van der Waals surface area contributed by atoms with Gasteiger partial charge in [0, 0.05) is 69.1 Å². The zero-order chi connectivity index (χ0) is 23.8. The van der Waals surface area contributed by atoms with Gasteiger partial charge in [0.15, 0.2) is 0 Å². The van der Waals surface area contributed by atoms with E-state index in [0.717, 1.165) is 49.5 Å². The van der Waals surface area contributed by atoms with E-state index in [-0.39, 0.29) is 24.1 Å². The number of amides is 3. The van der Waals surface area contributed by atoms with Gasteiger partial charge in [-0.3, -0.25) is 34.5 Å². The van der Waals surface area contributed by atoms with Crippen LogP contribution >= 0.6 is 0 Å². The highest BCUT2D eigenvalue weighted by Gasteiger charge is 2.39. The van der Waals surface area contributed by atoms with Gasteiger partial charge in [0.2, 0.25) is 11.8 Å². The van der Waals surface area contributed by atoms with Crippen molar-refractivity contribution in [2.75, 3.05) is 26.2 Å². The first-order valence-corrected chi connectivity index (χ1v) is 12.1. The number of nitrogens with one attached hydrogen (secondary N) is 1. The van der Waals surface area contributed by atoms with Crippen molar-refractivity contribution in [3.05, 3.63) is 53.2 Å². The lowest BCUT2D eigenvalue weighted by molar-refractivity contribution is -0.136. The first-order valence-electron chi connectivity index (χ1n) is 12.1.